The van der Waals surface area contributed by atoms with Crippen LogP contribution in [0.3, 0.4) is 0 Å². The molecule has 0 aromatic carbocycles. The molecule has 0 rings (SSSR count). The smallest absolute Gasteiger partial charge is 0.270 e. The molecule has 0 atom stereocenters. The van der Waals surface area contributed by atoms with Gasteiger partial charge in [0.15, 0.2) is 0 Å². The Hall–Kier alpha value is -0.0900. The van der Waals surface area contributed by atoms with Crippen LogP contribution < -0.4 is 0 Å². The zero-order valence-electron chi connectivity index (χ0n) is 4.88. The molecule has 1 radical (unpaired) electrons. The maximum atomic E-state index is 10.1. The Morgan fingerprint density at radius 2 is 1.62 bits per heavy atom. The molecule has 0 fully saturated rings. The summed E-state index contributed by atoms with van der Waals surface area (Å²) >= 11 is 0. The van der Waals surface area contributed by atoms with Gasteiger partial charge >= 0.3 is 0 Å². The van der Waals surface area contributed by atoms with Gasteiger partial charge in [-0.3, -0.25) is 4.55 Å². The number of hydrogen-bond acceptors (Lipinski definition) is 2. The van der Waals surface area contributed by atoms with Gasteiger partial charge in [-0.2, -0.15) is 8.42 Å². The van der Waals surface area contributed by atoms with Gasteiger partial charge in [0.05, 0.1) is 4.75 Å². The van der Waals surface area contributed by atoms with Crippen molar-refractivity contribution >= 4 is 10.1 Å². The van der Waals surface area contributed by atoms with Gasteiger partial charge in [-0.15, -0.1) is 0 Å². The lowest BCUT2D eigenvalue weighted by Crippen LogP contribution is -2.27. The minimum Gasteiger partial charge on any atom is -0.285 e. The summed E-state index contributed by atoms with van der Waals surface area (Å²) < 4.78 is 27.3. The molecule has 0 aromatic heterocycles. The lowest BCUT2D eigenvalue weighted by Gasteiger charge is -2.11. The number of hydrogen-bond donors (Lipinski definition) is 1. The van der Waals surface area contributed by atoms with E-state index in [0.29, 0.717) is 0 Å². The van der Waals surface area contributed by atoms with Crippen molar-refractivity contribution in [2.45, 2.75) is 18.6 Å². The summed E-state index contributed by atoms with van der Waals surface area (Å²) in [5.41, 5.74) is 0. The molecule has 4 heteroatoms. The normalized spacial score (nSPS) is 14.0. The monoisotopic (exact) mass is 137 g/mol. The highest BCUT2D eigenvalue weighted by molar-refractivity contribution is 7.87. The average molecular weight is 137 g/mol. The van der Waals surface area contributed by atoms with E-state index >= 15 is 0 Å². The van der Waals surface area contributed by atoms with Crippen LogP contribution >= 0.6 is 0 Å². The van der Waals surface area contributed by atoms with E-state index < -0.39 is 14.9 Å². The van der Waals surface area contributed by atoms with Gasteiger partial charge < -0.3 is 0 Å². The van der Waals surface area contributed by atoms with E-state index in [1.807, 2.05) is 0 Å². The molecule has 8 heavy (non-hydrogen) atoms. The average Bonchev–Trinajstić information content (AvgIpc) is 1.25. The van der Waals surface area contributed by atoms with Crippen molar-refractivity contribution in [2.75, 3.05) is 0 Å². The minimum absolute atomic E-state index is 1.28. The molecule has 49 valence electrons. The highest BCUT2D eigenvalue weighted by atomic mass is 32.2. The van der Waals surface area contributed by atoms with Gasteiger partial charge in [0, 0.05) is 0 Å². The summed E-state index contributed by atoms with van der Waals surface area (Å²) in [6.45, 7) is 5.85. The van der Waals surface area contributed by atoms with Crippen molar-refractivity contribution in [1.29, 1.82) is 0 Å². The SMILES string of the molecule is [CH2]C(C)(C)S(=O)(=O)O. The molecule has 0 heterocycles. The molecule has 0 aliphatic carbocycles. The van der Waals surface area contributed by atoms with Crippen LogP contribution in [0, 0.1) is 6.92 Å². The molecule has 0 aliphatic rings. The summed E-state index contributed by atoms with van der Waals surface area (Å²) in [4.78, 5) is 0. The standard InChI is InChI=1S/C4H9O3S/c1-4(2,3)8(5,6)7/h1H2,2-3H3,(H,5,6,7). The Morgan fingerprint density at radius 3 is 1.62 bits per heavy atom. The van der Waals surface area contributed by atoms with E-state index in [-0.39, 0.29) is 0 Å². The maximum Gasteiger partial charge on any atom is 0.270 e. The van der Waals surface area contributed by atoms with E-state index in [4.69, 9.17) is 4.55 Å². The van der Waals surface area contributed by atoms with Crippen LogP contribution in [0.2, 0.25) is 0 Å². The second kappa shape index (κ2) is 1.70. The van der Waals surface area contributed by atoms with Gasteiger partial charge in [0.25, 0.3) is 10.1 Å². The van der Waals surface area contributed by atoms with Crippen LogP contribution in [0.25, 0.3) is 0 Å². The fourth-order valence-corrected chi connectivity index (χ4v) is 0. The second-order valence-electron chi connectivity index (χ2n) is 2.23. The van der Waals surface area contributed by atoms with Crippen molar-refractivity contribution in [3.63, 3.8) is 0 Å². The van der Waals surface area contributed by atoms with Crippen LogP contribution in [-0.2, 0) is 10.1 Å². The summed E-state index contributed by atoms with van der Waals surface area (Å²) in [5, 5.41) is 0. The van der Waals surface area contributed by atoms with Crippen molar-refractivity contribution in [1.82, 2.24) is 0 Å². The molecule has 0 bridgehead atoms. The molecule has 0 spiro atoms. The van der Waals surface area contributed by atoms with Crippen LogP contribution in [-0.4, -0.2) is 17.7 Å². The van der Waals surface area contributed by atoms with E-state index in [1.165, 1.54) is 13.8 Å². The molecule has 1 N–H and O–H groups in total. The van der Waals surface area contributed by atoms with Crippen LogP contribution in [0.5, 0.6) is 0 Å². The van der Waals surface area contributed by atoms with Gasteiger partial charge in [0.2, 0.25) is 0 Å². The van der Waals surface area contributed by atoms with E-state index in [0.717, 1.165) is 0 Å². The van der Waals surface area contributed by atoms with Crippen molar-refractivity contribution < 1.29 is 13.0 Å². The lowest BCUT2D eigenvalue weighted by molar-refractivity contribution is 0.458. The van der Waals surface area contributed by atoms with Crippen molar-refractivity contribution in [2.24, 2.45) is 0 Å². The fraction of sp³-hybridized carbons (Fsp3) is 0.750. The Morgan fingerprint density at radius 1 is 1.50 bits per heavy atom. The predicted octanol–water partition coefficient (Wildman–Crippen LogP) is 0.487. The number of rotatable bonds is 1. The first-order valence-electron chi connectivity index (χ1n) is 2.07. The Balaban J connectivity index is 4.53. The lowest BCUT2D eigenvalue weighted by atomic mass is 10.3. The molecular weight excluding hydrogens is 128 g/mol. The molecule has 0 aliphatic heterocycles. The van der Waals surface area contributed by atoms with E-state index in [2.05, 4.69) is 6.92 Å². The van der Waals surface area contributed by atoms with Crippen molar-refractivity contribution in [3.05, 3.63) is 6.92 Å². The van der Waals surface area contributed by atoms with Gasteiger partial charge in [-0.25, -0.2) is 0 Å². The zero-order valence-corrected chi connectivity index (χ0v) is 5.70. The zero-order chi connectivity index (χ0) is 7.00. The molecule has 0 saturated heterocycles. The molecule has 0 aromatic rings. The largest absolute Gasteiger partial charge is 0.285 e. The quantitative estimate of drug-likeness (QED) is 0.535. The van der Waals surface area contributed by atoms with E-state index in [9.17, 15) is 8.42 Å². The first kappa shape index (κ1) is 7.91. The molecular formula is C4H9O3S. The topological polar surface area (TPSA) is 54.4 Å². The van der Waals surface area contributed by atoms with Crippen LogP contribution in [0.15, 0.2) is 0 Å². The first-order valence-corrected chi connectivity index (χ1v) is 3.51. The predicted molar refractivity (Wildman–Crippen MR) is 31.0 cm³/mol. The summed E-state index contributed by atoms with van der Waals surface area (Å²) in [5.74, 6) is 0. The highest BCUT2D eigenvalue weighted by Gasteiger charge is 2.25. The van der Waals surface area contributed by atoms with Crippen LogP contribution in [0.1, 0.15) is 13.8 Å². The van der Waals surface area contributed by atoms with Gasteiger partial charge in [-0.05, 0) is 20.8 Å². The summed E-state index contributed by atoms with van der Waals surface area (Å²) in [6.07, 6.45) is 0. The molecule has 3 nitrogen and oxygen atoms in total. The third-order valence-corrected chi connectivity index (χ3v) is 2.09. The Labute approximate surface area is 49.5 Å². The Bertz CT molecular complexity index is 160. The maximum absolute atomic E-state index is 10.1. The summed E-state index contributed by atoms with van der Waals surface area (Å²) in [7, 11) is -3.95. The molecule has 0 amide bonds. The molecule has 0 unspecified atom stereocenters. The van der Waals surface area contributed by atoms with Crippen LogP contribution in [0.4, 0.5) is 0 Å². The van der Waals surface area contributed by atoms with E-state index in [1.54, 1.807) is 0 Å². The Kier molecular flexibility index (Phi) is 1.68. The minimum atomic E-state index is -3.95. The third-order valence-electron chi connectivity index (χ3n) is 0.698. The van der Waals surface area contributed by atoms with Crippen molar-refractivity contribution in [3.8, 4) is 0 Å². The molecule has 0 saturated carbocycles. The summed E-state index contributed by atoms with van der Waals surface area (Å²) in [6, 6.07) is 0. The second-order valence-corrected chi connectivity index (χ2v) is 4.29. The first-order chi connectivity index (χ1) is 3.25. The van der Waals surface area contributed by atoms with Gasteiger partial charge in [0.1, 0.15) is 0 Å². The van der Waals surface area contributed by atoms with Gasteiger partial charge in [-0.1, -0.05) is 0 Å². The fourth-order valence-electron chi connectivity index (χ4n) is 0. The third kappa shape index (κ3) is 1.79. The highest BCUT2D eigenvalue weighted by Crippen LogP contribution is 2.10.